The summed E-state index contributed by atoms with van der Waals surface area (Å²) in [5.41, 5.74) is 15.4. The maximum atomic E-state index is 6.65. The molecule has 0 N–H and O–H groups in total. The van der Waals surface area contributed by atoms with Crippen molar-refractivity contribution in [1.29, 1.82) is 0 Å². The normalized spacial score (nSPS) is 12.5. The van der Waals surface area contributed by atoms with E-state index >= 15 is 0 Å². The zero-order chi connectivity index (χ0) is 48.6. The molecule has 0 amide bonds. The van der Waals surface area contributed by atoms with Gasteiger partial charge in [0.05, 0.1) is 16.8 Å². The van der Waals surface area contributed by atoms with E-state index in [-0.39, 0.29) is 10.8 Å². The molecule has 0 aliphatic heterocycles. The van der Waals surface area contributed by atoms with Gasteiger partial charge in [0.1, 0.15) is 22.3 Å². The van der Waals surface area contributed by atoms with Crippen LogP contribution in [0.25, 0.3) is 123 Å². The van der Waals surface area contributed by atoms with Gasteiger partial charge < -0.3 is 13.4 Å². The number of fused-ring (bicyclic) bond motifs is 7. The summed E-state index contributed by atoms with van der Waals surface area (Å²) < 4.78 is 15.5. The van der Waals surface area contributed by atoms with Crippen molar-refractivity contribution in [2.75, 3.05) is 0 Å². The van der Waals surface area contributed by atoms with Gasteiger partial charge in [0.25, 0.3) is 0 Å². The van der Waals surface area contributed by atoms with Crippen LogP contribution in [-0.2, 0) is 5.41 Å². The number of hydrogen-bond acceptors (Lipinski definition) is 5. The molecule has 344 valence electrons. The molecule has 0 unspecified atom stereocenters. The first kappa shape index (κ1) is 43.7. The lowest BCUT2D eigenvalue weighted by atomic mass is 9.83. The molecular formula is C65H52N4O2. The van der Waals surface area contributed by atoms with Gasteiger partial charge in [-0.3, -0.25) is 0 Å². The molecule has 6 nitrogen and oxygen atoms in total. The minimum absolute atomic E-state index is 0.00390. The zero-order valence-corrected chi connectivity index (χ0v) is 41.1. The van der Waals surface area contributed by atoms with E-state index in [4.69, 9.17) is 23.8 Å². The molecule has 12 aromatic rings. The fourth-order valence-corrected chi connectivity index (χ4v) is 10.3. The van der Waals surface area contributed by atoms with Crippen molar-refractivity contribution < 1.29 is 8.83 Å². The Labute approximate surface area is 414 Å². The molecule has 4 heterocycles. The van der Waals surface area contributed by atoms with Crippen molar-refractivity contribution in [2.45, 2.75) is 60.3 Å². The van der Waals surface area contributed by atoms with Crippen LogP contribution in [0.2, 0.25) is 0 Å². The quantitative estimate of drug-likeness (QED) is 0.152. The highest BCUT2D eigenvalue weighted by Crippen LogP contribution is 2.45. The van der Waals surface area contributed by atoms with E-state index in [1.165, 1.54) is 22.1 Å². The van der Waals surface area contributed by atoms with Crippen LogP contribution in [0.5, 0.6) is 0 Å². The standard InChI is InChI=1S/C65H52N4O2/c1-8-44(64(2,3)4)35-43-39-69(54-34-33-45(38-51(43)54)65(5,6)7)59-52(40-21-11-9-12-22-40)36-42(37-53(59)41-23-13-10-14-24-41)61-66-62(49-28-20-32-57-58(49)48-26-16-18-31-56(48)70-57)68-63(67-61)50-29-19-27-47-46-25-15-17-30-55(46)71-60(47)50/h9-13,15-23,25-39H,8H2,1-7H3/b44-35+. The number of benzene rings is 7. The van der Waals surface area contributed by atoms with Gasteiger partial charge in [0.15, 0.2) is 17.5 Å². The van der Waals surface area contributed by atoms with Crippen molar-refractivity contribution in [3.05, 3.63) is 199 Å². The summed E-state index contributed by atoms with van der Waals surface area (Å²) in [5.74, 6) is 1.54. The molecule has 0 atom stereocenters. The number of hydrogen-bond donors (Lipinski definition) is 0. The lowest BCUT2D eigenvalue weighted by molar-refractivity contribution is 0.492. The highest BCUT2D eigenvalue weighted by Gasteiger charge is 2.26. The van der Waals surface area contributed by atoms with Crippen LogP contribution in [0.4, 0.5) is 0 Å². The topological polar surface area (TPSA) is 69.9 Å². The fraction of sp³-hybridized carbons (Fsp3) is 0.154. The Morgan fingerprint density at radius 1 is 0.563 bits per heavy atom. The molecule has 0 radical (unpaired) electrons. The van der Waals surface area contributed by atoms with E-state index < -0.39 is 0 Å². The molecule has 0 aliphatic carbocycles. The highest BCUT2D eigenvalue weighted by atomic mass is 16.3. The van der Waals surface area contributed by atoms with Gasteiger partial charge in [0, 0.05) is 66.5 Å². The van der Waals surface area contributed by atoms with Crippen LogP contribution in [-0.4, -0.2) is 19.5 Å². The van der Waals surface area contributed by atoms with Gasteiger partial charge in [-0.1, -0.05) is 175 Å². The van der Waals surface area contributed by atoms with E-state index in [9.17, 15) is 0 Å². The van der Waals surface area contributed by atoms with Crippen molar-refractivity contribution in [1.82, 2.24) is 19.5 Å². The van der Waals surface area contributed by atoms with Gasteiger partial charge in [-0.25, -0.2) is 15.0 Å². The predicted octanol–water partition coefficient (Wildman–Crippen LogP) is 17.7. The van der Waals surface area contributed by atoms with Crippen LogP contribution in [0, 0.1) is 17.5 Å². The van der Waals surface area contributed by atoms with E-state index in [2.05, 4.69) is 175 Å². The number of aromatic nitrogens is 4. The number of nitrogens with zero attached hydrogens (tertiary/aromatic N) is 4. The van der Waals surface area contributed by atoms with Crippen molar-refractivity contribution in [2.24, 2.45) is 5.41 Å². The minimum Gasteiger partial charge on any atom is -0.456 e. The monoisotopic (exact) mass is 920 g/mol. The molecule has 8 aromatic carbocycles. The Bertz CT molecular complexity index is 3980. The lowest BCUT2D eigenvalue weighted by Gasteiger charge is -2.22. The lowest BCUT2D eigenvalue weighted by Crippen LogP contribution is -2.10. The third-order valence-corrected chi connectivity index (χ3v) is 13.9. The van der Waals surface area contributed by atoms with Gasteiger partial charge in [-0.15, -0.1) is 0 Å². The summed E-state index contributed by atoms with van der Waals surface area (Å²) in [4.78, 5) is 16.2. The summed E-state index contributed by atoms with van der Waals surface area (Å²) in [6.07, 6.45) is 5.70. The van der Waals surface area contributed by atoms with Gasteiger partial charge in [0.2, 0.25) is 0 Å². The highest BCUT2D eigenvalue weighted by molar-refractivity contribution is 6.12. The Balaban J connectivity index is 1.18. The van der Waals surface area contributed by atoms with E-state index in [1.54, 1.807) is 0 Å². The van der Waals surface area contributed by atoms with Crippen molar-refractivity contribution in [3.8, 4) is 62.1 Å². The molecule has 0 bridgehead atoms. The average Bonchev–Trinajstić information content (AvgIpc) is 4.08. The van der Waals surface area contributed by atoms with E-state index in [0.717, 1.165) is 100 Å². The van der Waals surface area contributed by atoms with Crippen LogP contribution in [0.3, 0.4) is 0 Å². The second-order valence-electron chi connectivity index (χ2n) is 20.6. The molecule has 0 saturated carbocycles. The maximum Gasteiger partial charge on any atom is 0.167 e. The Hall–Kier alpha value is -8.53. The average molecular weight is 921 g/mol. The third kappa shape index (κ3) is 7.66. The van der Waals surface area contributed by atoms with Crippen LogP contribution in [0.15, 0.2) is 184 Å². The number of allylic oxidation sites excluding steroid dienone is 1. The van der Waals surface area contributed by atoms with Crippen molar-refractivity contribution >= 4 is 60.9 Å². The summed E-state index contributed by atoms with van der Waals surface area (Å²) in [6, 6.07) is 63.5. The SMILES string of the molecule is CC/C(=C\c1cn(-c2c(-c3c#cccc3)cc(-c3nc(-c4cccc5c4oc4ccccc45)nc(-c4cccc5oc6ccccc6c45)n3)cc2-c2ccccc2)c2ccc(C(C)(C)C)cc12)C(C)(C)C. The van der Waals surface area contributed by atoms with Crippen LogP contribution >= 0.6 is 0 Å². The number of para-hydroxylation sites is 3. The molecule has 12 rings (SSSR count). The number of rotatable bonds is 8. The Morgan fingerprint density at radius 3 is 1.97 bits per heavy atom. The Kier molecular flexibility index (Phi) is 10.4. The minimum atomic E-state index is -0.0415. The van der Waals surface area contributed by atoms with Gasteiger partial charge >= 0.3 is 0 Å². The summed E-state index contributed by atoms with van der Waals surface area (Å²) in [6.45, 7) is 16.0. The summed E-state index contributed by atoms with van der Waals surface area (Å²) in [5, 5.41) is 5.17. The predicted molar refractivity (Wildman–Crippen MR) is 292 cm³/mol. The van der Waals surface area contributed by atoms with E-state index in [0.29, 0.717) is 17.5 Å². The van der Waals surface area contributed by atoms with E-state index in [1.807, 2.05) is 66.7 Å². The Morgan fingerprint density at radius 2 is 1.23 bits per heavy atom. The second-order valence-corrected chi connectivity index (χ2v) is 20.6. The molecule has 0 fully saturated rings. The van der Waals surface area contributed by atoms with Crippen LogP contribution in [0.1, 0.15) is 66.0 Å². The fourth-order valence-electron chi connectivity index (χ4n) is 10.3. The molecule has 71 heavy (non-hydrogen) atoms. The van der Waals surface area contributed by atoms with Crippen molar-refractivity contribution in [3.63, 3.8) is 0 Å². The van der Waals surface area contributed by atoms with Gasteiger partial charge in [-0.2, -0.15) is 0 Å². The zero-order valence-electron chi connectivity index (χ0n) is 41.1. The maximum absolute atomic E-state index is 6.65. The summed E-state index contributed by atoms with van der Waals surface area (Å²) >= 11 is 0. The molecule has 6 heteroatoms. The molecule has 0 saturated heterocycles. The molecule has 0 spiro atoms. The largest absolute Gasteiger partial charge is 0.456 e. The first-order valence-corrected chi connectivity index (χ1v) is 24.5. The number of furan rings is 2. The smallest absolute Gasteiger partial charge is 0.167 e. The first-order chi connectivity index (χ1) is 34.4. The summed E-state index contributed by atoms with van der Waals surface area (Å²) in [7, 11) is 0. The molecular weight excluding hydrogens is 869 g/mol. The molecule has 0 aliphatic rings. The van der Waals surface area contributed by atoms with Crippen LogP contribution < -0.4 is 0 Å². The first-order valence-electron chi connectivity index (χ1n) is 24.5. The molecule has 4 aromatic heterocycles. The second kappa shape index (κ2) is 16.9. The third-order valence-electron chi connectivity index (χ3n) is 13.9. The van der Waals surface area contributed by atoms with Gasteiger partial charge in [-0.05, 0) is 89.0 Å².